The van der Waals surface area contributed by atoms with Gasteiger partial charge in [0.15, 0.2) is 12.4 Å². The summed E-state index contributed by atoms with van der Waals surface area (Å²) in [5.41, 5.74) is 1.78. The molecule has 0 aromatic heterocycles. The van der Waals surface area contributed by atoms with Crippen molar-refractivity contribution in [2.45, 2.75) is 6.92 Å². The first-order valence-corrected chi connectivity index (χ1v) is 9.57. The van der Waals surface area contributed by atoms with E-state index in [0.717, 1.165) is 19.6 Å². The predicted octanol–water partition coefficient (Wildman–Crippen LogP) is 3.13. The minimum Gasteiger partial charge on any atom is -0.484 e. The number of carbonyl (C=O) groups excluding carboxylic acids is 2. The Labute approximate surface area is 166 Å². The second kappa shape index (κ2) is 9.85. The van der Waals surface area contributed by atoms with Crippen LogP contribution >= 0.6 is 0 Å². The van der Waals surface area contributed by atoms with E-state index >= 15 is 0 Å². The van der Waals surface area contributed by atoms with Crippen LogP contribution in [-0.4, -0.2) is 60.8 Å². The van der Waals surface area contributed by atoms with Crippen molar-refractivity contribution in [2.24, 2.45) is 0 Å². The van der Waals surface area contributed by atoms with Gasteiger partial charge in [0.2, 0.25) is 0 Å². The highest BCUT2D eigenvalue weighted by atomic mass is 16.5. The average molecular weight is 378 g/mol. The summed E-state index contributed by atoms with van der Waals surface area (Å²) in [6, 6.07) is 17.2. The fourth-order valence-corrected chi connectivity index (χ4v) is 3.12. The quantitative estimate of drug-likeness (QED) is 0.695. The Bertz CT molecular complexity index is 825. The van der Waals surface area contributed by atoms with E-state index in [-0.39, 0.29) is 18.3 Å². The van der Waals surface area contributed by atoms with E-state index in [4.69, 9.17) is 4.74 Å². The largest absolute Gasteiger partial charge is 0.484 e. The van der Waals surface area contributed by atoms with Crippen LogP contribution in [0.1, 0.15) is 22.8 Å². The Morgan fingerprint density at radius 2 is 1.75 bits per heavy atom. The number of ketones is 1. The molecule has 1 heterocycles. The van der Waals surface area contributed by atoms with Gasteiger partial charge in [-0.3, -0.25) is 14.5 Å². The molecule has 0 radical (unpaired) electrons. The molecule has 0 spiro atoms. The zero-order valence-electron chi connectivity index (χ0n) is 16.2. The van der Waals surface area contributed by atoms with Crippen LogP contribution in [0, 0.1) is 0 Å². The smallest absolute Gasteiger partial charge is 0.260 e. The molecular weight excluding hydrogens is 352 g/mol. The second-order valence-electron chi connectivity index (χ2n) is 6.87. The third-order valence-corrected chi connectivity index (χ3v) is 4.80. The normalized spacial score (nSPS) is 15.0. The first-order chi connectivity index (χ1) is 13.6. The maximum atomic E-state index is 12.4. The van der Waals surface area contributed by atoms with Gasteiger partial charge in [-0.2, -0.15) is 0 Å². The number of hydrogen-bond donors (Lipinski definition) is 0. The molecule has 1 aliphatic heterocycles. The molecule has 0 unspecified atom stereocenters. The van der Waals surface area contributed by atoms with E-state index in [1.807, 2.05) is 23.1 Å². The molecule has 0 saturated carbocycles. The lowest BCUT2D eigenvalue weighted by molar-refractivity contribution is -0.135. The summed E-state index contributed by atoms with van der Waals surface area (Å²) in [5.74, 6) is 0.507. The molecule has 146 valence electrons. The minimum absolute atomic E-state index is 0.00469. The Hall–Kier alpha value is -2.92. The number of nitrogens with zero attached hydrogens (tertiary/aromatic N) is 2. The fraction of sp³-hybridized carbons (Fsp3) is 0.304. The summed E-state index contributed by atoms with van der Waals surface area (Å²) in [7, 11) is 0. The average Bonchev–Trinajstić information content (AvgIpc) is 2.73. The van der Waals surface area contributed by atoms with Crippen molar-refractivity contribution in [1.29, 1.82) is 0 Å². The van der Waals surface area contributed by atoms with E-state index in [1.165, 1.54) is 12.5 Å². The number of ether oxygens (including phenoxy) is 1. The molecule has 2 aromatic rings. The van der Waals surface area contributed by atoms with Crippen LogP contribution in [0.25, 0.3) is 6.08 Å². The third kappa shape index (κ3) is 5.79. The Balaban J connectivity index is 1.40. The van der Waals surface area contributed by atoms with Crippen molar-refractivity contribution < 1.29 is 14.3 Å². The molecule has 0 aliphatic carbocycles. The highest BCUT2D eigenvalue weighted by Gasteiger charge is 2.20. The molecule has 28 heavy (non-hydrogen) atoms. The van der Waals surface area contributed by atoms with Crippen molar-refractivity contribution >= 4 is 17.8 Å². The van der Waals surface area contributed by atoms with E-state index in [0.29, 0.717) is 24.4 Å². The van der Waals surface area contributed by atoms with Gasteiger partial charge in [-0.05, 0) is 24.6 Å². The van der Waals surface area contributed by atoms with Crippen molar-refractivity contribution in [3.05, 3.63) is 71.8 Å². The highest BCUT2D eigenvalue weighted by molar-refractivity contribution is 5.94. The molecule has 1 aliphatic rings. The van der Waals surface area contributed by atoms with E-state index in [1.54, 1.807) is 24.3 Å². The van der Waals surface area contributed by atoms with Crippen molar-refractivity contribution in [3.8, 4) is 5.75 Å². The lowest BCUT2D eigenvalue weighted by atomic mass is 10.1. The van der Waals surface area contributed by atoms with Gasteiger partial charge < -0.3 is 9.64 Å². The van der Waals surface area contributed by atoms with Gasteiger partial charge >= 0.3 is 0 Å². The first-order valence-electron chi connectivity index (χ1n) is 9.57. The number of carbonyl (C=O) groups is 2. The van der Waals surface area contributed by atoms with Crippen LogP contribution in [0.4, 0.5) is 0 Å². The molecule has 1 amide bonds. The standard InChI is InChI=1S/C23H26N2O3/c1-19(26)21-10-5-11-22(17-21)28-18-23(27)25-15-13-24(14-16-25)12-6-9-20-7-3-2-4-8-20/h2-11,17H,12-16,18H2,1H3/b9-6+. The second-order valence-corrected chi connectivity index (χ2v) is 6.87. The predicted molar refractivity (Wildman–Crippen MR) is 110 cm³/mol. The topological polar surface area (TPSA) is 49.9 Å². The summed E-state index contributed by atoms with van der Waals surface area (Å²) >= 11 is 0. The van der Waals surface area contributed by atoms with Crippen LogP contribution in [0.5, 0.6) is 5.75 Å². The van der Waals surface area contributed by atoms with Gasteiger partial charge in [0.05, 0.1) is 0 Å². The van der Waals surface area contributed by atoms with Crippen molar-refractivity contribution in [1.82, 2.24) is 9.80 Å². The maximum Gasteiger partial charge on any atom is 0.260 e. The summed E-state index contributed by atoms with van der Waals surface area (Å²) in [6.07, 6.45) is 4.29. The van der Waals surface area contributed by atoms with Crippen molar-refractivity contribution in [2.75, 3.05) is 39.3 Å². The van der Waals surface area contributed by atoms with Gasteiger partial charge in [-0.1, -0.05) is 54.6 Å². The van der Waals surface area contributed by atoms with Gasteiger partial charge in [0, 0.05) is 38.3 Å². The Morgan fingerprint density at radius 3 is 2.46 bits per heavy atom. The molecule has 1 fully saturated rings. The molecule has 1 saturated heterocycles. The third-order valence-electron chi connectivity index (χ3n) is 4.80. The summed E-state index contributed by atoms with van der Waals surface area (Å²) in [4.78, 5) is 28.0. The van der Waals surface area contributed by atoms with E-state index in [2.05, 4.69) is 29.2 Å². The molecule has 0 N–H and O–H groups in total. The molecule has 3 rings (SSSR count). The van der Waals surface area contributed by atoms with Crippen LogP contribution in [-0.2, 0) is 4.79 Å². The lowest BCUT2D eigenvalue weighted by Gasteiger charge is -2.34. The minimum atomic E-state index is -0.0206. The SMILES string of the molecule is CC(=O)c1cccc(OCC(=O)N2CCN(C/C=C/c3ccccc3)CC2)c1. The zero-order valence-corrected chi connectivity index (χ0v) is 16.2. The summed E-state index contributed by atoms with van der Waals surface area (Å²) < 4.78 is 5.58. The van der Waals surface area contributed by atoms with Crippen molar-refractivity contribution in [3.63, 3.8) is 0 Å². The number of rotatable bonds is 7. The highest BCUT2D eigenvalue weighted by Crippen LogP contribution is 2.14. The molecular formula is C23H26N2O3. The zero-order chi connectivity index (χ0) is 19.8. The van der Waals surface area contributed by atoms with Crippen LogP contribution in [0.3, 0.4) is 0 Å². The lowest BCUT2D eigenvalue weighted by Crippen LogP contribution is -2.49. The number of hydrogen-bond acceptors (Lipinski definition) is 4. The molecule has 0 atom stereocenters. The summed E-state index contributed by atoms with van der Waals surface area (Å²) in [5, 5.41) is 0. The Kier molecular flexibility index (Phi) is 6.98. The molecule has 2 aromatic carbocycles. The Morgan fingerprint density at radius 1 is 1.00 bits per heavy atom. The van der Waals surface area contributed by atoms with Crippen LogP contribution in [0.2, 0.25) is 0 Å². The van der Waals surface area contributed by atoms with Gasteiger partial charge in [0.25, 0.3) is 5.91 Å². The van der Waals surface area contributed by atoms with Gasteiger partial charge in [0.1, 0.15) is 5.75 Å². The number of benzene rings is 2. The number of Topliss-reactive ketones (excluding diaryl/α,β-unsaturated/α-hetero) is 1. The monoisotopic (exact) mass is 378 g/mol. The molecule has 5 heteroatoms. The molecule has 5 nitrogen and oxygen atoms in total. The van der Waals surface area contributed by atoms with E-state index < -0.39 is 0 Å². The molecule has 0 bridgehead atoms. The van der Waals surface area contributed by atoms with Crippen LogP contribution < -0.4 is 4.74 Å². The summed E-state index contributed by atoms with van der Waals surface area (Å²) in [6.45, 7) is 5.50. The fourth-order valence-electron chi connectivity index (χ4n) is 3.12. The van der Waals surface area contributed by atoms with Gasteiger partial charge in [-0.25, -0.2) is 0 Å². The van der Waals surface area contributed by atoms with Gasteiger partial charge in [-0.15, -0.1) is 0 Å². The number of amides is 1. The van der Waals surface area contributed by atoms with Crippen LogP contribution in [0.15, 0.2) is 60.7 Å². The first kappa shape index (κ1) is 19.8. The number of piperazine rings is 1. The maximum absolute atomic E-state index is 12.4. The van der Waals surface area contributed by atoms with E-state index in [9.17, 15) is 9.59 Å².